The van der Waals surface area contributed by atoms with E-state index in [1.54, 1.807) is 6.07 Å². The molecule has 0 aromatic heterocycles. The van der Waals surface area contributed by atoms with Crippen molar-refractivity contribution in [3.63, 3.8) is 0 Å². The topological polar surface area (TPSA) is 46.2 Å². The van der Waals surface area contributed by atoms with E-state index in [0.29, 0.717) is 5.69 Å². The summed E-state index contributed by atoms with van der Waals surface area (Å²) < 4.78 is 0. The molecule has 2 rings (SSSR count). The van der Waals surface area contributed by atoms with Gasteiger partial charge in [0.15, 0.2) is 0 Å². The molecule has 2 nitrogen and oxygen atoms in total. The van der Waals surface area contributed by atoms with Crippen LogP contribution < -0.4 is 5.73 Å². The number of fused-ring (bicyclic) bond motifs is 1. The summed E-state index contributed by atoms with van der Waals surface area (Å²) >= 11 is 0. The highest BCUT2D eigenvalue weighted by Gasteiger charge is 2.30. The van der Waals surface area contributed by atoms with Crippen LogP contribution in [-0.4, -0.2) is 5.11 Å². The van der Waals surface area contributed by atoms with Crippen molar-refractivity contribution in [3.8, 4) is 5.75 Å². The zero-order valence-electron chi connectivity index (χ0n) is 8.09. The molecule has 0 radical (unpaired) electrons. The molecule has 0 saturated carbocycles. The lowest BCUT2D eigenvalue weighted by molar-refractivity contribution is 0.477. The lowest BCUT2D eigenvalue weighted by Gasteiger charge is -2.19. The Balaban J connectivity index is 2.61. The van der Waals surface area contributed by atoms with E-state index in [4.69, 9.17) is 5.73 Å². The van der Waals surface area contributed by atoms with Crippen molar-refractivity contribution in [3.05, 3.63) is 23.3 Å². The molecule has 1 aliphatic rings. The maximum absolute atomic E-state index is 9.43. The number of benzene rings is 1. The molecule has 70 valence electrons. The first-order chi connectivity index (χ1) is 6.00. The molecule has 0 amide bonds. The summed E-state index contributed by atoms with van der Waals surface area (Å²) in [4.78, 5) is 0. The number of phenolic OH excluding ortho intramolecular Hbond substituents is 1. The summed E-state index contributed by atoms with van der Waals surface area (Å²) in [6, 6.07) is 3.72. The Morgan fingerprint density at radius 3 is 2.77 bits per heavy atom. The average molecular weight is 177 g/mol. The fraction of sp³-hybridized carbons (Fsp3) is 0.455. The molecule has 1 aromatic rings. The second kappa shape index (κ2) is 2.41. The molecule has 13 heavy (non-hydrogen) atoms. The van der Waals surface area contributed by atoms with Gasteiger partial charge in [-0.3, -0.25) is 0 Å². The second-order valence-electron chi connectivity index (χ2n) is 4.45. The standard InChI is InChI=1S/C11H15NO/c1-11(2)4-3-7-5-10(13)9(12)6-8(7)11/h5-6,13H,3-4,12H2,1-2H3. The van der Waals surface area contributed by atoms with Crippen molar-refractivity contribution in [2.75, 3.05) is 5.73 Å². The summed E-state index contributed by atoms with van der Waals surface area (Å²) in [5, 5.41) is 9.43. The number of anilines is 1. The van der Waals surface area contributed by atoms with E-state index in [1.165, 1.54) is 11.1 Å². The van der Waals surface area contributed by atoms with Gasteiger partial charge in [0.05, 0.1) is 5.69 Å². The molecule has 0 aliphatic heterocycles. The zero-order valence-corrected chi connectivity index (χ0v) is 8.09. The normalized spacial score (nSPS) is 18.6. The van der Waals surface area contributed by atoms with Crippen LogP contribution in [0.25, 0.3) is 0 Å². The largest absolute Gasteiger partial charge is 0.506 e. The van der Waals surface area contributed by atoms with Crippen LogP contribution in [0, 0.1) is 0 Å². The van der Waals surface area contributed by atoms with Crippen molar-refractivity contribution >= 4 is 5.69 Å². The first kappa shape index (κ1) is 8.42. The maximum Gasteiger partial charge on any atom is 0.138 e. The van der Waals surface area contributed by atoms with E-state index in [1.807, 2.05) is 6.07 Å². The first-order valence-electron chi connectivity index (χ1n) is 4.62. The molecule has 1 aromatic carbocycles. The summed E-state index contributed by atoms with van der Waals surface area (Å²) in [5.74, 6) is 0.219. The fourth-order valence-corrected chi connectivity index (χ4v) is 2.07. The van der Waals surface area contributed by atoms with Gasteiger partial charge in [-0.2, -0.15) is 0 Å². The van der Waals surface area contributed by atoms with Gasteiger partial charge < -0.3 is 10.8 Å². The molecular formula is C11H15NO. The highest BCUT2D eigenvalue weighted by atomic mass is 16.3. The average Bonchev–Trinajstić information content (AvgIpc) is 2.31. The summed E-state index contributed by atoms with van der Waals surface area (Å²) in [7, 11) is 0. The lowest BCUT2D eigenvalue weighted by Crippen LogP contribution is -2.12. The van der Waals surface area contributed by atoms with Gasteiger partial charge in [0.1, 0.15) is 5.75 Å². The third-order valence-corrected chi connectivity index (χ3v) is 3.00. The van der Waals surface area contributed by atoms with Crippen molar-refractivity contribution in [1.29, 1.82) is 0 Å². The van der Waals surface area contributed by atoms with Crippen molar-refractivity contribution < 1.29 is 5.11 Å². The molecule has 0 bridgehead atoms. The van der Waals surface area contributed by atoms with Crippen LogP contribution in [-0.2, 0) is 11.8 Å². The predicted octanol–water partition coefficient (Wildman–Crippen LogP) is 2.20. The van der Waals surface area contributed by atoms with Gasteiger partial charge in [0.2, 0.25) is 0 Å². The van der Waals surface area contributed by atoms with Gasteiger partial charge in [-0.15, -0.1) is 0 Å². The van der Waals surface area contributed by atoms with E-state index in [2.05, 4.69) is 13.8 Å². The highest BCUT2D eigenvalue weighted by molar-refractivity contribution is 5.58. The number of aryl methyl sites for hydroxylation is 1. The maximum atomic E-state index is 9.43. The summed E-state index contributed by atoms with van der Waals surface area (Å²) in [6.07, 6.45) is 2.20. The van der Waals surface area contributed by atoms with Crippen molar-refractivity contribution in [2.45, 2.75) is 32.1 Å². The highest BCUT2D eigenvalue weighted by Crippen LogP contribution is 2.41. The molecular weight excluding hydrogens is 162 g/mol. The smallest absolute Gasteiger partial charge is 0.138 e. The Hall–Kier alpha value is -1.18. The van der Waals surface area contributed by atoms with Crippen LogP contribution in [0.1, 0.15) is 31.4 Å². The number of rotatable bonds is 0. The van der Waals surface area contributed by atoms with Crippen molar-refractivity contribution in [1.82, 2.24) is 0 Å². The van der Waals surface area contributed by atoms with Crippen molar-refractivity contribution in [2.24, 2.45) is 0 Å². The number of aromatic hydroxyl groups is 1. The SMILES string of the molecule is CC1(C)CCc2cc(O)c(N)cc21. The van der Waals surface area contributed by atoms with Crippen LogP contribution in [0.2, 0.25) is 0 Å². The number of nitrogen functional groups attached to an aromatic ring is 1. The van der Waals surface area contributed by atoms with Gasteiger partial charge >= 0.3 is 0 Å². The van der Waals surface area contributed by atoms with Crippen LogP contribution in [0.4, 0.5) is 5.69 Å². The first-order valence-corrected chi connectivity index (χ1v) is 4.62. The van der Waals surface area contributed by atoms with Gasteiger partial charge in [-0.05, 0) is 41.5 Å². The molecule has 0 heterocycles. The number of nitrogens with two attached hydrogens (primary N) is 1. The Kier molecular flexibility index (Phi) is 1.56. The quantitative estimate of drug-likeness (QED) is 0.471. The molecule has 0 spiro atoms. The van der Waals surface area contributed by atoms with Crippen LogP contribution in [0.5, 0.6) is 5.75 Å². The van der Waals surface area contributed by atoms with Gasteiger partial charge in [-0.1, -0.05) is 13.8 Å². The van der Waals surface area contributed by atoms with Gasteiger partial charge in [0, 0.05) is 0 Å². The summed E-state index contributed by atoms with van der Waals surface area (Å²) in [5.41, 5.74) is 8.92. The third kappa shape index (κ3) is 1.17. The minimum absolute atomic E-state index is 0.219. The number of phenols is 1. The van der Waals surface area contributed by atoms with Crippen LogP contribution in [0.15, 0.2) is 12.1 Å². The Bertz CT molecular complexity index is 355. The van der Waals surface area contributed by atoms with Gasteiger partial charge in [-0.25, -0.2) is 0 Å². The molecule has 2 heteroatoms. The van der Waals surface area contributed by atoms with E-state index < -0.39 is 0 Å². The zero-order chi connectivity index (χ0) is 9.64. The minimum Gasteiger partial charge on any atom is -0.506 e. The van der Waals surface area contributed by atoms with E-state index in [9.17, 15) is 5.11 Å². The second-order valence-corrected chi connectivity index (χ2v) is 4.45. The monoisotopic (exact) mass is 177 g/mol. The van der Waals surface area contributed by atoms with Crippen LogP contribution >= 0.6 is 0 Å². The minimum atomic E-state index is 0.219. The Morgan fingerprint density at radius 2 is 2.08 bits per heavy atom. The number of hydrogen-bond donors (Lipinski definition) is 2. The van der Waals surface area contributed by atoms with E-state index >= 15 is 0 Å². The third-order valence-electron chi connectivity index (χ3n) is 3.00. The molecule has 0 saturated heterocycles. The van der Waals surface area contributed by atoms with Gasteiger partial charge in [0.25, 0.3) is 0 Å². The molecule has 1 aliphatic carbocycles. The van der Waals surface area contributed by atoms with Crippen LogP contribution in [0.3, 0.4) is 0 Å². The van der Waals surface area contributed by atoms with E-state index in [0.717, 1.165) is 12.8 Å². The molecule has 3 N–H and O–H groups in total. The summed E-state index contributed by atoms with van der Waals surface area (Å²) in [6.45, 7) is 4.44. The lowest BCUT2D eigenvalue weighted by atomic mass is 9.86. The molecule has 0 unspecified atom stereocenters. The fourth-order valence-electron chi connectivity index (χ4n) is 2.07. The molecule has 0 atom stereocenters. The Morgan fingerprint density at radius 1 is 1.38 bits per heavy atom. The van der Waals surface area contributed by atoms with E-state index in [-0.39, 0.29) is 11.2 Å². The predicted molar refractivity (Wildman–Crippen MR) is 53.9 cm³/mol. The number of hydrogen-bond acceptors (Lipinski definition) is 2. The molecule has 0 fully saturated rings. The Labute approximate surface area is 78.4 Å².